The molecule has 0 spiro atoms. The zero-order chi connectivity index (χ0) is 24.2. The highest BCUT2D eigenvalue weighted by atomic mass is 79.9. The summed E-state index contributed by atoms with van der Waals surface area (Å²) in [7, 11) is 0. The smallest absolute Gasteiger partial charge is 0.329 e. The molecule has 0 aromatic heterocycles. The third-order valence-corrected chi connectivity index (χ3v) is 6.16. The van der Waals surface area contributed by atoms with Crippen molar-refractivity contribution in [3.05, 3.63) is 108 Å². The molecule has 0 saturated carbocycles. The number of nitro benzene ring substituents is 1. The number of rotatable bonds is 7. The summed E-state index contributed by atoms with van der Waals surface area (Å²) in [5.41, 5.74) is 2.32. The first-order valence-corrected chi connectivity index (χ1v) is 11.6. The van der Waals surface area contributed by atoms with Gasteiger partial charge in [0.25, 0.3) is 11.6 Å². The fourth-order valence-corrected chi connectivity index (χ4v) is 4.81. The van der Waals surface area contributed by atoms with Crippen LogP contribution in [0.4, 0.5) is 10.5 Å². The van der Waals surface area contributed by atoms with Crippen LogP contribution in [-0.4, -0.2) is 21.8 Å². The largest absolute Gasteiger partial charge is 0.487 e. The number of hydrogen-bond donors (Lipinski definition) is 1. The van der Waals surface area contributed by atoms with Crippen LogP contribution in [0.5, 0.6) is 5.75 Å². The lowest BCUT2D eigenvalue weighted by Gasteiger charge is -2.12. The third kappa shape index (κ3) is 5.35. The molecule has 0 radical (unpaired) electrons. The van der Waals surface area contributed by atoms with E-state index in [9.17, 15) is 19.7 Å². The van der Waals surface area contributed by atoms with Crippen LogP contribution in [0.15, 0.2) is 81.4 Å². The van der Waals surface area contributed by atoms with Gasteiger partial charge in [-0.25, -0.2) is 4.79 Å². The van der Waals surface area contributed by atoms with E-state index in [1.165, 1.54) is 12.1 Å². The Hall–Kier alpha value is -3.50. The van der Waals surface area contributed by atoms with Crippen molar-refractivity contribution in [3.63, 3.8) is 0 Å². The Kier molecular flexibility index (Phi) is 7.09. The molecule has 0 aliphatic carbocycles. The minimum absolute atomic E-state index is 0.00853. The number of nitrogens with one attached hydrogen (secondary N) is 1. The van der Waals surface area contributed by atoms with E-state index in [1.54, 1.807) is 30.3 Å². The van der Waals surface area contributed by atoms with E-state index in [1.807, 2.05) is 30.3 Å². The Labute approximate surface area is 211 Å². The first kappa shape index (κ1) is 23.7. The van der Waals surface area contributed by atoms with Gasteiger partial charge in [0.15, 0.2) is 0 Å². The number of carbonyl (C=O) groups excluding carboxylic acids is 2. The molecule has 0 unspecified atom stereocenters. The number of amides is 3. The van der Waals surface area contributed by atoms with Crippen molar-refractivity contribution in [2.75, 3.05) is 0 Å². The molecule has 172 valence electrons. The number of imide groups is 1. The molecule has 3 aromatic carbocycles. The molecule has 1 aliphatic heterocycles. The monoisotopic (exact) mass is 585 g/mol. The van der Waals surface area contributed by atoms with E-state index in [2.05, 4.69) is 37.2 Å². The lowest BCUT2D eigenvalue weighted by atomic mass is 10.1. The molecular formula is C24H17Br2N3O5. The summed E-state index contributed by atoms with van der Waals surface area (Å²) < 4.78 is 7.07. The van der Waals surface area contributed by atoms with Gasteiger partial charge in [0.05, 0.1) is 20.4 Å². The Morgan fingerprint density at radius 1 is 0.971 bits per heavy atom. The Bertz CT molecular complexity index is 1290. The third-order valence-electron chi connectivity index (χ3n) is 4.98. The van der Waals surface area contributed by atoms with E-state index in [4.69, 9.17) is 4.74 Å². The molecule has 10 heteroatoms. The van der Waals surface area contributed by atoms with Crippen molar-refractivity contribution in [2.45, 2.75) is 13.2 Å². The number of benzene rings is 3. The molecule has 3 amide bonds. The minimum Gasteiger partial charge on any atom is -0.487 e. The highest BCUT2D eigenvalue weighted by Gasteiger charge is 2.33. The lowest BCUT2D eigenvalue weighted by molar-refractivity contribution is -0.384. The van der Waals surface area contributed by atoms with Gasteiger partial charge in [-0.1, -0.05) is 42.5 Å². The van der Waals surface area contributed by atoms with Gasteiger partial charge in [-0.15, -0.1) is 0 Å². The van der Waals surface area contributed by atoms with Gasteiger partial charge >= 0.3 is 6.03 Å². The zero-order valence-electron chi connectivity index (χ0n) is 17.5. The van der Waals surface area contributed by atoms with Gasteiger partial charge in [0, 0.05) is 12.1 Å². The van der Waals surface area contributed by atoms with Crippen LogP contribution in [0, 0.1) is 10.1 Å². The maximum absolute atomic E-state index is 12.8. The summed E-state index contributed by atoms with van der Waals surface area (Å²) in [6, 6.07) is 18.5. The molecule has 0 atom stereocenters. The van der Waals surface area contributed by atoms with E-state index in [0.29, 0.717) is 25.8 Å². The van der Waals surface area contributed by atoms with Gasteiger partial charge in [0.1, 0.15) is 18.1 Å². The van der Waals surface area contributed by atoms with Crippen molar-refractivity contribution in [2.24, 2.45) is 0 Å². The van der Waals surface area contributed by atoms with Crippen molar-refractivity contribution in [3.8, 4) is 5.75 Å². The molecular weight excluding hydrogens is 570 g/mol. The van der Waals surface area contributed by atoms with Crippen LogP contribution >= 0.6 is 31.9 Å². The summed E-state index contributed by atoms with van der Waals surface area (Å²) in [5.74, 6) is 0.0910. The molecule has 1 N–H and O–H groups in total. The topological polar surface area (TPSA) is 102 Å². The quantitative estimate of drug-likeness (QED) is 0.163. The van der Waals surface area contributed by atoms with Crippen LogP contribution in [0.3, 0.4) is 0 Å². The number of carbonyl (C=O) groups is 2. The molecule has 0 bridgehead atoms. The number of nitrogens with zero attached hydrogens (tertiary/aromatic N) is 2. The number of nitro groups is 1. The molecule has 1 fully saturated rings. The first-order valence-electron chi connectivity index (χ1n) is 10.1. The van der Waals surface area contributed by atoms with E-state index in [0.717, 1.165) is 10.5 Å². The summed E-state index contributed by atoms with van der Waals surface area (Å²) >= 11 is 6.93. The second-order valence-corrected chi connectivity index (χ2v) is 9.10. The van der Waals surface area contributed by atoms with Gasteiger partial charge in [-0.2, -0.15) is 0 Å². The fourth-order valence-electron chi connectivity index (χ4n) is 3.36. The Morgan fingerprint density at radius 2 is 1.65 bits per heavy atom. The summed E-state index contributed by atoms with van der Waals surface area (Å²) in [5, 5.41) is 13.6. The van der Waals surface area contributed by atoms with Crippen molar-refractivity contribution < 1.29 is 19.2 Å². The van der Waals surface area contributed by atoms with Crippen LogP contribution in [0.25, 0.3) is 6.08 Å². The Balaban J connectivity index is 1.49. The van der Waals surface area contributed by atoms with Crippen LogP contribution < -0.4 is 10.1 Å². The fraction of sp³-hybridized carbons (Fsp3) is 0.0833. The van der Waals surface area contributed by atoms with Crippen LogP contribution in [0.2, 0.25) is 0 Å². The van der Waals surface area contributed by atoms with Gasteiger partial charge < -0.3 is 10.1 Å². The normalized spacial score (nSPS) is 14.4. The minimum atomic E-state index is -0.477. The SMILES string of the molecule is O=C1N/C(=C/c2cc(Br)c(OCc3cccc([N+](=O)[O-])c3)c(Br)c2)C(=O)N1Cc1ccccc1. The average molecular weight is 587 g/mol. The second-order valence-electron chi connectivity index (χ2n) is 7.39. The van der Waals surface area contributed by atoms with Crippen molar-refractivity contribution in [1.82, 2.24) is 10.2 Å². The average Bonchev–Trinajstić information content (AvgIpc) is 3.06. The highest BCUT2D eigenvalue weighted by molar-refractivity contribution is 9.11. The zero-order valence-corrected chi connectivity index (χ0v) is 20.7. The summed E-state index contributed by atoms with van der Waals surface area (Å²) in [6.07, 6.45) is 1.59. The maximum atomic E-state index is 12.8. The highest BCUT2D eigenvalue weighted by Crippen LogP contribution is 2.36. The van der Waals surface area contributed by atoms with E-state index in [-0.39, 0.29) is 24.5 Å². The molecule has 1 aliphatic rings. The van der Waals surface area contributed by atoms with Gasteiger partial charge in [0.2, 0.25) is 0 Å². The van der Waals surface area contributed by atoms with Crippen LogP contribution in [0.1, 0.15) is 16.7 Å². The molecule has 34 heavy (non-hydrogen) atoms. The lowest BCUT2D eigenvalue weighted by Crippen LogP contribution is -2.30. The van der Waals surface area contributed by atoms with Gasteiger partial charge in [-0.05, 0) is 66.8 Å². The van der Waals surface area contributed by atoms with Crippen LogP contribution in [-0.2, 0) is 17.9 Å². The predicted octanol–water partition coefficient (Wildman–Crippen LogP) is 5.79. The number of non-ortho nitro benzene ring substituents is 1. The molecule has 8 nitrogen and oxygen atoms in total. The van der Waals surface area contributed by atoms with Crippen molar-refractivity contribution in [1.29, 1.82) is 0 Å². The number of halogens is 2. The molecule has 3 aromatic rings. The van der Waals surface area contributed by atoms with E-state index >= 15 is 0 Å². The number of ether oxygens (including phenoxy) is 1. The summed E-state index contributed by atoms with van der Waals surface area (Å²) in [4.78, 5) is 36.8. The van der Waals surface area contributed by atoms with Crippen molar-refractivity contribution >= 4 is 55.6 Å². The number of urea groups is 1. The van der Waals surface area contributed by atoms with Gasteiger partial charge in [-0.3, -0.25) is 19.8 Å². The Morgan fingerprint density at radius 3 is 2.32 bits per heavy atom. The molecule has 1 heterocycles. The maximum Gasteiger partial charge on any atom is 0.329 e. The first-order chi connectivity index (χ1) is 16.3. The molecule has 4 rings (SSSR count). The van der Waals surface area contributed by atoms with E-state index < -0.39 is 16.9 Å². The molecule has 1 saturated heterocycles. The second kappa shape index (κ2) is 10.2. The predicted molar refractivity (Wildman–Crippen MR) is 133 cm³/mol. The number of hydrogen-bond acceptors (Lipinski definition) is 5. The summed E-state index contributed by atoms with van der Waals surface area (Å²) in [6.45, 7) is 0.308. The standard InChI is InChI=1S/C24H17Br2N3O5/c25-19-10-17(11-20(26)22(19)34-14-16-7-4-8-18(9-16)29(32)33)12-21-23(30)28(24(31)27-21)13-15-5-2-1-3-6-15/h1-12H,13-14H2,(H,27,31)/b21-12+.